The fourth-order valence-corrected chi connectivity index (χ4v) is 3.01. The van der Waals surface area contributed by atoms with Gasteiger partial charge in [-0.15, -0.1) is 0 Å². The summed E-state index contributed by atoms with van der Waals surface area (Å²) < 4.78 is 5.91. The molecule has 0 spiro atoms. The minimum Gasteiger partial charge on any atom is -0.467 e. The van der Waals surface area contributed by atoms with Crippen LogP contribution in [0.25, 0.3) is 0 Å². The number of carbonyl (C=O) groups is 2. The molecule has 2 rings (SSSR count). The van der Waals surface area contributed by atoms with Crippen LogP contribution in [-0.2, 0) is 27.2 Å². The Morgan fingerprint density at radius 3 is 2.46 bits per heavy atom. The highest BCUT2D eigenvalue weighted by molar-refractivity contribution is 14.1. The van der Waals surface area contributed by atoms with E-state index in [0.717, 1.165) is 14.7 Å². The number of esters is 1. The summed E-state index contributed by atoms with van der Waals surface area (Å²) in [6.07, 6.45) is 1.40. The SMILES string of the molecule is COC(=O)[C@@H](Cc1cccc(I)c1)NC(=O)CCc1ccccc1. The molecule has 0 unspecified atom stereocenters. The van der Waals surface area contributed by atoms with E-state index in [0.29, 0.717) is 19.3 Å². The third kappa shape index (κ3) is 5.96. The summed E-state index contributed by atoms with van der Waals surface area (Å²) in [5, 5.41) is 2.79. The van der Waals surface area contributed by atoms with Gasteiger partial charge < -0.3 is 10.1 Å². The van der Waals surface area contributed by atoms with E-state index in [2.05, 4.69) is 27.9 Å². The number of benzene rings is 2. The zero-order valence-corrected chi connectivity index (χ0v) is 15.7. The number of rotatable bonds is 7. The van der Waals surface area contributed by atoms with Crippen LogP contribution >= 0.6 is 22.6 Å². The molecule has 1 amide bonds. The van der Waals surface area contributed by atoms with Crippen molar-refractivity contribution in [3.8, 4) is 0 Å². The highest BCUT2D eigenvalue weighted by Gasteiger charge is 2.21. The maximum absolute atomic E-state index is 12.2. The van der Waals surface area contributed by atoms with E-state index in [1.165, 1.54) is 7.11 Å². The van der Waals surface area contributed by atoms with Crippen LogP contribution in [0.15, 0.2) is 54.6 Å². The van der Waals surface area contributed by atoms with Gasteiger partial charge in [-0.3, -0.25) is 4.79 Å². The monoisotopic (exact) mass is 437 g/mol. The maximum Gasteiger partial charge on any atom is 0.328 e. The summed E-state index contributed by atoms with van der Waals surface area (Å²) in [4.78, 5) is 24.2. The molecule has 4 nitrogen and oxygen atoms in total. The van der Waals surface area contributed by atoms with Gasteiger partial charge in [0.2, 0.25) is 5.91 Å². The first-order chi connectivity index (χ1) is 11.6. The van der Waals surface area contributed by atoms with Gasteiger partial charge in [0.1, 0.15) is 6.04 Å². The van der Waals surface area contributed by atoms with E-state index in [9.17, 15) is 9.59 Å². The van der Waals surface area contributed by atoms with Crippen LogP contribution in [0.4, 0.5) is 0 Å². The second-order valence-electron chi connectivity index (χ2n) is 5.46. The molecule has 2 aromatic carbocycles. The van der Waals surface area contributed by atoms with Crippen molar-refractivity contribution in [3.63, 3.8) is 0 Å². The van der Waals surface area contributed by atoms with Gasteiger partial charge in [0.15, 0.2) is 0 Å². The van der Waals surface area contributed by atoms with E-state index >= 15 is 0 Å². The van der Waals surface area contributed by atoms with E-state index in [-0.39, 0.29) is 5.91 Å². The first kappa shape index (κ1) is 18.4. The molecular weight excluding hydrogens is 417 g/mol. The zero-order valence-electron chi connectivity index (χ0n) is 13.5. The van der Waals surface area contributed by atoms with Crippen molar-refractivity contribution in [1.29, 1.82) is 0 Å². The number of ether oxygens (including phenoxy) is 1. The highest BCUT2D eigenvalue weighted by atomic mass is 127. The minimum atomic E-state index is -0.670. The van der Waals surface area contributed by atoms with Crippen LogP contribution in [0.3, 0.4) is 0 Å². The van der Waals surface area contributed by atoms with Crippen molar-refractivity contribution in [2.75, 3.05) is 7.11 Å². The molecule has 24 heavy (non-hydrogen) atoms. The molecule has 126 valence electrons. The Morgan fingerprint density at radius 2 is 1.79 bits per heavy atom. The number of carbonyl (C=O) groups excluding carboxylic acids is 2. The van der Waals surface area contributed by atoms with Gasteiger partial charge in [0.05, 0.1) is 7.11 Å². The van der Waals surface area contributed by atoms with E-state index in [1.54, 1.807) is 0 Å². The molecular formula is C19H20INO3. The minimum absolute atomic E-state index is 0.153. The summed E-state index contributed by atoms with van der Waals surface area (Å²) in [5.41, 5.74) is 2.08. The van der Waals surface area contributed by atoms with Crippen molar-refractivity contribution in [3.05, 3.63) is 69.3 Å². The molecule has 0 aliphatic carbocycles. The van der Waals surface area contributed by atoms with Gasteiger partial charge in [-0.1, -0.05) is 42.5 Å². The van der Waals surface area contributed by atoms with Gasteiger partial charge in [0.25, 0.3) is 0 Å². The van der Waals surface area contributed by atoms with E-state index in [1.807, 2.05) is 54.6 Å². The van der Waals surface area contributed by atoms with Crippen LogP contribution in [0.1, 0.15) is 17.5 Å². The summed E-state index contributed by atoms with van der Waals surface area (Å²) in [7, 11) is 1.33. The number of hydrogen-bond donors (Lipinski definition) is 1. The smallest absolute Gasteiger partial charge is 0.328 e. The normalized spacial score (nSPS) is 11.6. The van der Waals surface area contributed by atoms with Crippen molar-refractivity contribution < 1.29 is 14.3 Å². The number of amides is 1. The number of methoxy groups -OCH3 is 1. The lowest BCUT2D eigenvalue weighted by atomic mass is 10.1. The Labute approximate surface area is 155 Å². The molecule has 0 saturated heterocycles. The molecule has 0 saturated carbocycles. The molecule has 5 heteroatoms. The van der Waals surface area contributed by atoms with Crippen molar-refractivity contribution >= 4 is 34.5 Å². The highest BCUT2D eigenvalue weighted by Crippen LogP contribution is 2.11. The predicted octanol–water partition coefficient (Wildman–Crippen LogP) is 3.12. The molecule has 1 atom stereocenters. The average molecular weight is 437 g/mol. The van der Waals surface area contributed by atoms with Gasteiger partial charge in [-0.25, -0.2) is 4.79 Å². The number of halogens is 1. The quantitative estimate of drug-likeness (QED) is 0.535. The Bertz CT molecular complexity index is 688. The standard InChI is InChI=1S/C19H20INO3/c1-24-19(23)17(13-15-8-5-9-16(20)12-15)21-18(22)11-10-14-6-3-2-4-7-14/h2-9,12,17H,10-11,13H2,1H3,(H,21,22)/t17-/m1/s1. The third-order valence-corrected chi connectivity index (χ3v) is 4.30. The van der Waals surface area contributed by atoms with Crippen LogP contribution < -0.4 is 5.32 Å². The van der Waals surface area contributed by atoms with Crippen molar-refractivity contribution in [2.24, 2.45) is 0 Å². The Kier molecular flexibility index (Phi) is 7.24. The third-order valence-electron chi connectivity index (χ3n) is 3.63. The molecule has 1 N–H and O–H groups in total. The maximum atomic E-state index is 12.2. The lowest BCUT2D eigenvalue weighted by Gasteiger charge is -2.17. The molecule has 0 heterocycles. The molecule has 0 fully saturated rings. The van der Waals surface area contributed by atoms with Crippen LogP contribution in [0.5, 0.6) is 0 Å². The van der Waals surface area contributed by atoms with Gasteiger partial charge >= 0.3 is 5.97 Å². The number of hydrogen-bond acceptors (Lipinski definition) is 3. The number of aryl methyl sites for hydroxylation is 1. The Hall–Kier alpha value is -1.89. The predicted molar refractivity (Wildman–Crippen MR) is 102 cm³/mol. The van der Waals surface area contributed by atoms with Crippen molar-refractivity contribution in [2.45, 2.75) is 25.3 Å². The summed E-state index contributed by atoms with van der Waals surface area (Å²) in [6.45, 7) is 0. The van der Waals surface area contributed by atoms with Gasteiger partial charge in [-0.2, -0.15) is 0 Å². The topological polar surface area (TPSA) is 55.4 Å². The van der Waals surface area contributed by atoms with E-state index < -0.39 is 12.0 Å². The summed E-state index contributed by atoms with van der Waals surface area (Å²) in [6, 6.07) is 17.0. The van der Waals surface area contributed by atoms with Crippen LogP contribution in [0.2, 0.25) is 0 Å². The second-order valence-corrected chi connectivity index (χ2v) is 6.71. The van der Waals surface area contributed by atoms with Crippen LogP contribution in [-0.4, -0.2) is 25.0 Å². The molecule has 0 bridgehead atoms. The van der Waals surface area contributed by atoms with Gasteiger partial charge in [-0.05, 0) is 52.3 Å². The lowest BCUT2D eigenvalue weighted by Crippen LogP contribution is -2.43. The largest absolute Gasteiger partial charge is 0.467 e. The molecule has 0 aromatic heterocycles. The molecule has 0 aliphatic rings. The fraction of sp³-hybridized carbons (Fsp3) is 0.263. The van der Waals surface area contributed by atoms with Crippen LogP contribution in [0, 0.1) is 3.57 Å². The van der Waals surface area contributed by atoms with Crippen molar-refractivity contribution in [1.82, 2.24) is 5.32 Å². The zero-order chi connectivity index (χ0) is 17.4. The lowest BCUT2D eigenvalue weighted by molar-refractivity contribution is -0.145. The Morgan fingerprint density at radius 1 is 1.08 bits per heavy atom. The molecule has 0 radical (unpaired) electrons. The number of nitrogens with one attached hydrogen (secondary N) is 1. The second kappa shape index (κ2) is 9.42. The summed E-state index contributed by atoms with van der Waals surface area (Å²) >= 11 is 2.22. The van der Waals surface area contributed by atoms with Gasteiger partial charge in [0, 0.05) is 16.4 Å². The van der Waals surface area contributed by atoms with E-state index in [4.69, 9.17) is 4.74 Å². The Balaban J connectivity index is 1.95. The first-order valence-corrected chi connectivity index (χ1v) is 8.82. The first-order valence-electron chi connectivity index (χ1n) is 7.74. The average Bonchev–Trinajstić information content (AvgIpc) is 2.59. The molecule has 0 aliphatic heterocycles. The summed E-state index contributed by atoms with van der Waals surface area (Å²) in [5.74, 6) is -0.582. The fourth-order valence-electron chi connectivity index (χ4n) is 2.40. The molecule has 2 aromatic rings.